The molecule has 1 heterocycles. The van der Waals surface area contributed by atoms with Crippen LogP contribution in [0, 0.1) is 0 Å². The minimum Gasteiger partial charge on any atom is -0.349 e. The summed E-state index contributed by atoms with van der Waals surface area (Å²) in [7, 11) is 0. The number of halogens is 3. The molecule has 28 heavy (non-hydrogen) atoms. The molecule has 7 heteroatoms. The van der Waals surface area contributed by atoms with Gasteiger partial charge < -0.3 is 10.2 Å². The molecule has 0 spiro atoms. The third kappa shape index (κ3) is 5.12. The zero-order valence-electron chi connectivity index (χ0n) is 15.2. The van der Waals surface area contributed by atoms with Crippen LogP contribution in [0.1, 0.15) is 34.3 Å². The van der Waals surface area contributed by atoms with E-state index in [1.807, 2.05) is 6.07 Å². The lowest BCUT2D eigenvalue weighted by molar-refractivity contribution is -0.138. The van der Waals surface area contributed by atoms with Crippen molar-refractivity contribution < 1.29 is 22.8 Å². The topological polar surface area (TPSA) is 49.4 Å². The van der Waals surface area contributed by atoms with E-state index in [1.54, 1.807) is 29.2 Å². The Morgan fingerprint density at radius 3 is 2.32 bits per heavy atom. The first kappa shape index (κ1) is 19.9. The molecular formula is C21H21F3N2O2. The number of benzene rings is 2. The van der Waals surface area contributed by atoms with Crippen LogP contribution >= 0.6 is 0 Å². The molecule has 2 aromatic rings. The number of carbonyl (C=O) groups is 2. The maximum absolute atomic E-state index is 12.8. The van der Waals surface area contributed by atoms with Crippen molar-refractivity contribution in [3.05, 3.63) is 71.3 Å². The average molecular weight is 390 g/mol. The van der Waals surface area contributed by atoms with Gasteiger partial charge in [-0.1, -0.05) is 36.4 Å². The lowest BCUT2D eigenvalue weighted by atomic mass is 10.0. The standard InChI is InChI=1S/C21H21F3N2O2/c22-21(23,24)17-8-4-5-15(13-17)14-19(27)26-11-9-18(10-12-26)25-20(28)16-6-2-1-3-7-16/h1-8,13,18H,9-12,14H2,(H,25,28). The van der Waals surface area contributed by atoms with Crippen molar-refractivity contribution in [1.82, 2.24) is 10.2 Å². The number of nitrogens with zero attached hydrogens (tertiary/aromatic N) is 1. The van der Waals surface area contributed by atoms with E-state index in [2.05, 4.69) is 5.32 Å². The molecule has 0 bridgehead atoms. The van der Waals surface area contributed by atoms with Gasteiger partial charge in [0.05, 0.1) is 12.0 Å². The fourth-order valence-electron chi connectivity index (χ4n) is 3.28. The zero-order chi connectivity index (χ0) is 20.1. The first-order chi connectivity index (χ1) is 13.3. The molecule has 1 aliphatic rings. The van der Waals surface area contributed by atoms with Crippen LogP contribution < -0.4 is 5.32 Å². The second-order valence-electron chi connectivity index (χ2n) is 6.87. The summed E-state index contributed by atoms with van der Waals surface area (Å²) in [4.78, 5) is 26.3. The van der Waals surface area contributed by atoms with Crippen LogP contribution in [0.15, 0.2) is 54.6 Å². The highest BCUT2D eigenvalue weighted by atomic mass is 19.4. The summed E-state index contributed by atoms with van der Waals surface area (Å²) in [6, 6.07) is 13.7. The largest absolute Gasteiger partial charge is 0.416 e. The second kappa shape index (κ2) is 8.46. The minimum absolute atomic E-state index is 0.0229. The smallest absolute Gasteiger partial charge is 0.349 e. The molecule has 0 aliphatic carbocycles. The van der Waals surface area contributed by atoms with Crippen LogP contribution in [-0.4, -0.2) is 35.8 Å². The normalized spacial score (nSPS) is 15.3. The van der Waals surface area contributed by atoms with Crippen molar-refractivity contribution in [2.24, 2.45) is 0 Å². The Labute approximate surface area is 161 Å². The molecule has 4 nitrogen and oxygen atoms in total. The van der Waals surface area contributed by atoms with Gasteiger partial charge in [0, 0.05) is 24.7 Å². The molecule has 1 N–H and O–H groups in total. The summed E-state index contributed by atoms with van der Waals surface area (Å²) >= 11 is 0. The molecule has 0 saturated carbocycles. The quantitative estimate of drug-likeness (QED) is 0.866. The van der Waals surface area contributed by atoms with E-state index in [-0.39, 0.29) is 24.3 Å². The van der Waals surface area contributed by atoms with Crippen LogP contribution in [0.2, 0.25) is 0 Å². The number of hydrogen-bond donors (Lipinski definition) is 1. The highest BCUT2D eigenvalue weighted by Crippen LogP contribution is 2.29. The lowest BCUT2D eigenvalue weighted by Crippen LogP contribution is -2.47. The van der Waals surface area contributed by atoms with Crippen molar-refractivity contribution in [3.8, 4) is 0 Å². The van der Waals surface area contributed by atoms with E-state index in [0.29, 0.717) is 37.1 Å². The predicted octanol–water partition coefficient (Wildman–Crippen LogP) is 3.67. The molecule has 148 valence electrons. The Bertz CT molecular complexity index is 829. The van der Waals surface area contributed by atoms with Crippen molar-refractivity contribution in [1.29, 1.82) is 0 Å². The molecule has 1 saturated heterocycles. The van der Waals surface area contributed by atoms with Crippen molar-refractivity contribution in [2.75, 3.05) is 13.1 Å². The maximum atomic E-state index is 12.8. The number of nitrogens with one attached hydrogen (secondary N) is 1. The fraction of sp³-hybridized carbons (Fsp3) is 0.333. The average Bonchev–Trinajstić information content (AvgIpc) is 2.69. The van der Waals surface area contributed by atoms with Gasteiger partial charge in [-0.05, 0) is 36.6 Å². The molecule has 0 radical (unpaired) electrons. The highest BCUT2D eigenvalue weighted by Gasteiger charge is 2.31. The number of hydrogen-bond acceptors (Lipinski definition) is 2. The monoisotopic (exact) mass is 390 g/mol. The van der Waals surface area contributed by atoms with Crippen molar-refractivity contribution in [2.45, 2.75) is 31.5 Å². The first-order valence-corrected chi connectivity index (χ1v) is 9.13. The molecule has 2 amide bonds. The molecule has 0 atom stereocenters. The summed E-state index contributed by atoms with van der Waals surface area (Å²) in [5.74, 6) is -0.346. The Morgan fingerprint density at radius 2 is 1.68 bits per heavy atom. The summed E-state index contributed by atoms with van der Waals surface area (Å²) in [6.45, 7) is 0.940. The van der Waals surface area contributed by atoms with Gasteiger partial charge in [0.25, 0.3) is 5.91 Å². The minimum atomic E-state index is -4.42. The second-order valence-corrected chi connectivity index (χ2v) is 6.87. The molecule has 0 unspecified atom stereocenters. The number of piperidine rings is 1. The van der Waals surface area contributed by atoms with Crippen LogP contribution in [0.5, 0.6) is 0 Å². The molecular weight excluding hydrogens is 369 g/mol. The van der Waals surface area contributed by atoms with Crippen LogP contribution in [-0.2, 0) is 17.4 Å². The van der Waals surface area contributed by atoms with Gasteiger partial charge in [-0.3, -0.25) is 9.59 Å². The number of alkyl halides is 3. The molecule has 3 rings (SSSR count). The Kier molecular flexibility index (Phi) is 6.02. The van der Waals surface area contributed by atoms with Gasteiger partial charge in [0.15, 0.2) is 0 Å². The van der Waals surface area contributed by atoms with E-state index < -0.39 is 11.7 Å². The van der Waals surface area contributed by atoms with Gasteiger partial charge >= 0.3 is 6.18 Å². The van der Waals surface area contributed by atoms with Gasteiger partial charge in [-0.15, -0.1) is 0 Å². The molecule has 2 aromatic carbocycles. The summed E-state index contributed by atoms with van der Waals surface area (Å²) in [5, 5.41) is 2.97. The molecule has 1 aliphatic heterocycles. The molecule has 0 aromatic heterocycles. The Balaban J connectivity index is 1.51. The van der Waals surface area contributed by atoms with Crippen LogP contribution in [0.3, 0.4) is 0 Å². The third-order valence-electron chi connectivity index (χ3n) is 4.83. The maximum Gasteiger partial charge on any atom is 0.416 e. The fourth-order valence-corrected chi connectivity index (χ4v) is 3.28. The van der Waals surface area contributed by atoms with Gasteiger partial charge in [-0.25, -0.2) is 0 Å². The predicted molar refractivity (Wildman–Crippen MR) is 98.7 cm³/mol. The Hall–Kier alpha value is -2.83. The van der Waals surface area contributed by atoms with E-state index >= 15 is 0 Å². The van der Waals surface area contributed by atoms with Gasteiger partial charge in [-0.2, -0.15) is 13.2 Å². The summed E-state index contributed by atoms with van der Waals surface area (Å²) < 4.78 is 38.4. The van der Waals surface area contributed by atoms with E-state index in [4.69, 9.17) is 0 Å². The van der Waals surface area contributed by atoms with E-state index in [1.165, 1.54) is 12.1 Å². The first-order valence-electron chi connectivity index (χ1n) is 9.13. The summed E-state index contributed by atoms with van der Waals surface area (Å²) in [5.41, 5.74) is 0.185. The molecule has 1 fully saturated rings. The SMILES string of the molecule is O=C(NC1CCN(C(=O)Cc2cccc(C(F)(F)F)c2)CC1)c1ccccc1. The van der Waals surface area contributed by atoms with Gasteiger partial charge in [0.1, 0.15) is 0 Å². The Morgan fingerprint density at radius 1 is 1.00 bits per heavy atom. The zero-order valence-corrected chi connectivity index (χ0v) is 15.2. The van der Waals surface area contributed by atoms with E-state index in [0.717, 1.165) is 12.1 Å². The number of rotatable bonds is 4. The summed E-state index contributed by atoms with van der Waals surface area (Å²) in [6.07, 6.45) is -3.25. The van der Waals surface area contributed by atoms with Crippen LogP contribution in [0.25, 0.3) is 0 Å². The van der Waals surface area contributed by atoms with Crippen molar-refractivity contribution >= 4 is 11.8 Å². The number of likely N-dealkylation sites (tertiary alicyclic amines) is 1. The van der Waals surface area contributed by atoms with Gasteiger partial charge in [0.2, 0.25) is 5.91 Å². The van der Waals surface area contributed by atoms with Crippen LogP contribution in [0.4, 0.5) is 13.2 Å². The highest BCUT2D eigenvalue weighted by molar-refractivity contribution is 5.94. The number of carbonyl (C=O) groups excluding carboxylic acids is 2. The lowest BCUT2D eigenvalue weighted by Gasteiger charge is -2.32. The van der Waals surface area contributed by atoms with Crippen molar-refractivity contribution in [3.63, 3.8) is 0 Å². The number of amides is 2. The third-order valence-corrected chi connectivity index (χ3v) is 4.83. The van der Waals surface area contributed by atoms with E-state index in [9.17, 15) is 22.8 Å².